The topological polar surface area (TPSA) is 128 Å². The summed E-state index contributed by atoms with van der Waals surface area (Å²) in [6, 6.07) is 23.3. The number of aromatic nitrogens is 4. The molecule has 0 aliphatic carbocycles. The highest BCUT2D eigenvalue weighted by Gasteiger charge is 2.31. The van der Waals surface area contributed by atoms with Gasteiger partial charge in [0.2, 0.25) is 5.91 Å². The average molecular weight is 546 g/mol. The third-order valence-corrected chi connectivity index (χ3v) is 7.75. The van der Waals surface area contributed by atoms with Crippen molar-refractivity contribution in [1.82, 2.24) is 24.8 Å². The molecule has 3 aromatic heterocycles. The fraction of sp³-hybridized carbons (Fsp3) is 0.219. The normalized spacial score (nSPS) is 14.9. The van der Waals surface area contributed by atoms with Crippen LogP contribution in [0.1, 0.15) is 46.6 Å². The number of fused-ring (bicyclic) bond motifs is 2. The van der Waals surface area contributed by atoms with Crippen molar-refractivity contribution in [3.8, 4) is 0 Å². The molecule has 2 atom stereocenters. The van der Waals surface area contributed by atoms with Gasteiger partial charge in [-0.3, -0.25) is 19.1 Å². The lowest BCUT2D eigenvalue weighted by Crippen LogP contribution is -2.36. The first-order valence-corrected chi connectivity index (χ1v) is 13.7. The molecule has 5 aromatic rings. The number of hydrogen-bond acceptors (Lipinski definition) is 7. The van der Waals surface area contributed by atoms with Crippen molar-refractivity contribution in [3.63, 3.8) is 0 Å². The van der Waals surface area contributed by atoms with Crippen molar-refractivity contribution in [3.05, 3.63) is 124 Å². The predicted molar refractivity (Wildman–Crippen MR) is 160 cm³/mol. The van der Waals surface area contributed by atoms with E-state index in [-0.39, 0.29) is 23.2 Å². The fourth-order valence-corrected chi connectivity index (χ4v) is 5.62. The van der Waals surface area contributed by atoms with Gasteiger partial charge >= 0.3 is 0 Å². The molecule has 4 heterocycles. The molecule has 0 radical (unpaired) electrons. The van der Waals surface area contributed by atoms with Crippen LogP contribution in [0.3, 0.4) is 0 Å². The Balaban J connectivity index is 1.25. The van der Waals surface area contributed by atoms with Crippen molar-refractivity contribution >= 4 is 28.3 Å². The summed E-state index contributed by atoms with van der Waals surface area (Å²) in [6.45, 7) is 2.58. The fourth-order valence-electron chi connectivity index (χ4n) is 5.62. The molecule has 2 aromatic carbocycles. The third kappa shape index (κ3) is 5.26. The molecule has 41 heavy (non-hydrogen) atoms. The lowest BCUT2D eigenvalue weighted by molar-refractivity contribution is -0.124. The first-order valence-electron chi connectivity index (χ1n) is 13.7. The van der Waals surface area contributed by atoms with Crippen LogP contribution < -0.4 is 21.9 Å². The summed E-state index contributed by atoms with van der Waals surface area (Å²) in [6.07, 6.45) is 4.62. The summed E-state index contributed by atoms with van der Waals surface area (Å²) in [4.78, 5) is 40.2. The number of carbonyl (C=O) groups excluding carboxylic acids is 1. The number of benzene rings is 2. The molecule has 206 valence electrons. The van der Waals surface area contributed by atoms with Gasteiger partial charge in [0.15, 0.2) is 5.82 Å². The molecule has 1 aliphatic heterocycles. The number of aryl methyl sites for hydroxylation is 2. The van der Waals surface area contributed by atoms with Crippen molar-refractivity contribution in [1.29, 1.82) is 0 Å². The van der Waals surface area contributed by atoms with Gasteiger partial charge in [-0.2, -0.15) is 0 Å². The smallest absolute Gasteiger partial charge is 0.294 e. The van der Waals surface area contributed by atoms with Gasteiger partial charge in [-0.05, 0) is 59.9 Å². The van der Waals surface area contributed by atoms with Crippen LogP contribution in [0.5, 0.6) is 0 Å². The highest BCUT2D eigenvalue weighted by molar-refractivity contribution is 5.86. The minimum Gasteiger partial charge on any atom is -0.384 e. The Labute approximate surface area is 237 Å². The number of hydrogen-bond donors (Lipinski definition) is 3. The van der Waals surface area contributed by atoms with E-state index < -0.39 is 6.04 Å². The third-order valence-electron chi connectivity index (χ3n) is 7.75. The Morgan fingerprint density at radius 1 is 1.05 bits per heavy atom. The monoisotopic (exact) mass is 545 g/mol. The van der Waals surface area contributed by atoms with Gasteiger partial charge in [-0.1, -0.05) is 54.6 Å². The van der Waals surface area contributed by atoms with E-state index in [0.717, 1.165) is 39.0 Å². The standard InChI is InChI=1S/C32H31N7O2/c1-20-22(12-15-29(33)38-20)17-37-31(40)28-14-13-23-18-35-30(32(41)39(23)28)36-19-26(27-11-4-5-16-34-27)25-10-6-8-21-7-2-3-9-24(21)25/h2-12,15-16,18,26,28H,13-14,17,19H2,1H3,(H2,33,38)(H,35,36)(H,37,40)/t26-,28+/m1/s1. The molecule has 0 saturated heterocycles. The Kier molecular flexibility index (Phi) is 7.16. The summed E-state index contributed by atoms with van der Waals surface area (Å²) in [5.41, 5.74) is 9.84. The van der Waals surface area contributed by atoms with E-state index in [1.54, 1.807) is 23.0 Å². The van der Waals surface area contributed by atoms with E-state index >= 15 is 0 Å². The van der Waals surface area contributed by atoms with E-state index in [2.05, 4.69) is 49.9 Å². The molecule has 0 saturated carbocycles. The first-order chi connectivity index (χ1) is 20.0. The lowest BCUT2D eigenvalue weighted by Gasteiger charge is -2.21. The number of pyridine rings is 2. The van der Waals surface area contributed by atoms with Crippen LogP contribution in [0.15, 0.2) is 90.0 Å². The number of nitrogens with two attached hydrogens (primary N) is 1. The molecule has 0 fully saturated rings. The molecule has 1 amide bonds. The summed E-state index contributed by atoms with van der Waals surface area (Å²) in [7, 11) is 0. The molecule has 0 bridgehead atoms. The highest BCUT2D eigenvalue weighted by Crippen LogP contribution is 2.30. The van der Waals surface area contributed by atoms with Gasteiger partial charge in [0, 0.05) is 48.5 Å². The van der Waals surface area contributed by atoms with E-state index in [0.29, 0.717) is 31.7 Å². The molecule has 6 rings (SSSR count). The van der Waals surface area contributed by atoms with Gasteiger partial charge in [0.1, 0.15) is 11.9 Å². The summed E-state index contributed by atoms with van der Waals surface area (Å²) in [5, 5.41) is 8.54. The molecular weight excluding hydrogens is 514 g/mol. The van der Waals surface area contributed by atoms with Crippen LogP contribution in [0.2, 0.25) is 0 Å². The number of carbonyl (C=O) groups is 1. The molecule has 0 unspecified atom stereocenters. The number of anilines is 2. The zero-order valence-corrected chi connectivity index (χ0v) is 22.7. The molecule has 0 spiro atoms. The van der Waals surface area contributed by atoms with Gasteiger partial charge in [0.05, 0.1) is 0 Å². The van der Waals surface area contributed by atoms with E-state index in [4.69, 9.17) is 5.73 Å². The quantitative estimate of drug-likeness (QED) is 0.268. The Morgan fingerprint density at radius 3 is 2.71 bits per heavy atom. The van der Waals surface area contributed by atoms with Crippen LogP contribution in [-0.4, -0.2) is 32.0 Å². The number of nitrogens with zero attached hydrogens (tertiary/aromatic N) is 4. The molecule has 9 nitrogen and oxygen atoms in total. The van der Waals surface area contributed by atoms with Gasteiger partial charge in [-0.15, -0.1) is 0 Å². The SMILES string of the molecule is Cc1nc(N)ccc1CNC(=O)[C@@H]1CCc2cnc(NC[C@@H](c3ccccn3)c3cccc4ccccc34)c(=O)n21. The zero-order chi connectivity index (χ0) is 28.3. The number of rotatable bonds is 8. The minimum absolute atomic E-state index is 0.127. The largest absolute Gasteiger partial charge is 0.384 e. The Hall–Kier alpha value is -5.05. The maximum atomic E-state index is 13.7. The predicted octanol–water partition coefficient (Wildman–Crippen LogP) is 4.12. The molecule has 1 aliphatic rings. The Bertz CT molecular complexity index is 1780. The van der Waals surface area contributed by atoms with Gasteiger partial charge in [0.25, 0.3) is 5.56 Å². The van der Waals surface area contributed by atoms with Crippen LogP contribution in [0.4, 0.5) is 11.6 Å². The van der Waals surface area contributed by atoms with Gasteiger partial charge < -0.3 is 16.4 Å². The summed E-state index contributed by atoms with van der Waals surface area (Å²) >= 11 is 0. The van der Waals surface area contributed by atoms with Crippen LogP contribution in [0.25, 0.3) is 10.8 Å². The second kappa shape index (κ2) is 11.2. The molecular formula is C32H31N7O2. The van der Waals surface area contributed by atoms with Gasteiger partial charge in [-0.25, -0.2) is 9.97 Å². The number of nitrogen functional groups attached to an aromatic ring is 1. The second-order valence-electron chi connectivity index (χ2n) is 10.3. The molecule has 9 heteroatoms. The minimum atomic E-state index is -0.604. The summed E-state index contributed by atoms with van der Waals surface area (Å²) < 4.78 is 1.58. The Morgan fingerprint density at radius 2 is 1.88 bits per heavy atom. The molecule has 4 N–H and O–H groups in total. The number of nitrogens with one attached hydrogen (secondary N) is 2. The maximum Gasteiger partial charge on any atom is 0.294 e. The van der Waals surface area contributed by atoms with E-state index in [9.17, 15) is 9.59 Å². The van der Waals surface area contributed by atoms with Crippen molar-refractivity contribution in [2.45, 2.75) is 38.3 Å². The number of amides is 1. The highest BCUT2D eigenvalue weighted by atomic mass is 16.2. The average Bonchev–Trinajstić information content (AvgIpc) is 3.43. The lowest BCUT2D eigenvalue weighted by atomic mass is 9.90. The van der Waals surface area contributed by atoms with Crippen molar-refractivity contribution in [2.24, 2.45) is 0 Å². The van der Waals surface area contributed by atoms with Crippen LogP contribution >= 0.6 is 0 Å². The van der Waals surface area contributed by atoms with E-state index in [1.807, 2.05) is 49.4 Å². The first kappa shape index (κ1) is 26.2. The second-order valence-corrected chi connectivity index (χ2v) is 10.3. The van der Waals surface area contributed by atoms with Crippen molar-refractivity contribution in [2.75, 3.05) is 17.6 Å². The summed E-state index contributed by atoms with van der Waals surface area (Å²) in [5.74, 6) is 0.319. The van der Waals surface area contributed by atoms with Crippen molar-refractivity contribution < 1.29 is 4.79 Å². The van der Waals surface area contributed by atoms with Crippen LogP contribution in [-0.2, 0) is 17.8 Å². The van der Waals surface area contributed by atoms with Crippen LogP contribution in [0, 0.1) is 6.92 Å². The zero-order valence-electron chi connectivity index (χ0n) is 22.7. The van der Waals surface area contributed by atoms with E-state index in [1.165, 1.54) is 0 Å². The maximum absolute atomic E-state index is 13.7.